The molecule has 0 bridgehead atoms. The predicted octanol–water partition coefficient (Wildman–Crippen LogP) is 2.80. The van der Waals surface area contributed by atoms with Crippen molar-refractivity contribution in [2.75, 3.05) is 13.2 Å². The Morgan fingerprint density at radius 2 is 1.64 bits per heavy atom. The first-order valence-corrected chi connectivity index (χ1v) is 8.67. The van der Waals surface area contributed by atoms with Crippen molar-refractivity contribution in [3.05, 3.63) is 47.5 Å². The quantitative estimate of drug-likeness (QED) is 0.467. The predicted molar refractivity (Wildman–Crippen MR) is 93.6 cm³/mol. The molecule has 1 aromatic carbocycles. The number of aliphatic hydroxyl groups excluding tert-OH is 1. The van der Waals surface area contributed by atoms with Crippen LogP contribution in [0.1, 0.15) is 37.8 Å². The van der Waals surface area contributed by atoms with Crippen LogP contribution in [0.25, 0.3) is 0 Å². The molecule has 136 valence electrons. The van der Waals surface area contributed by atoms with Gasteiger partial charge >= 0.3 is 11.9 Å². The second-order valence-electron chi connectivity index (χ2n) is 6.44. The number of esters is 2. The Morgan fingerprint density at radius 3 is 2.12 bits per heavy atom. The summed E-state index contributed by atoms with van der Waals surface area (Å²) in [5, 5.41) is 9.13. The van der Waals surface area contributed by atoms with Gasteiger partial charge in [-0.15, -0.1) is 0 Å². The third-order valence-corrected chi connectivity index (χ3v) is 4.72. The molecule has 0 amide bonds. The summed E-state index contributed by atoms with van der Waals surface area (Å²) in [6, 6.07) is 7.65. The molecule has 5 heteroatoms. The Labute approximate surface area is 148 Å². The highest BCUT2D eigenvalue weighted by Crippen LogP contribution is 2.47. The Balaban J connectivity index is 2.20. The molecule has 1 aromatic rings. The molecule has 1 atom stereocenters. The van der Waals surface area contributed by atoms with E-state index in [1.165, 1.54) is 0 Å². The first-order valence-electron chi connectivity index (χ1n) is 8.67. The van der Waals surface area contributed by atoms with Crippen molar-refractivity contribution in [2.45, 2.75) is 39.7 Å². The largest absolute Gasteiger partial charge is 0.465 e. The van der Waals surface area contributed by atoms with E-state index in [1.807, 2.05) is 24.3 Å². The van der Waals surface area contributed by atoms with Crippen molar-refractivity contribution in [1.82, 2.24) is 0 Å². The monoisotopic (exact) mass is 346 g/mol. The zero-order valence-corrected chi connectivity index (χ0v) is 14.9. The molecule has 0 heterocycles. The SMILES string of the molecule is C=C1CC(C(=O)OCC)(C(=O)OCC)CC1Cc1ccc(CO)cc1. The van der Waals surface area contributed by atoms with E-state index in [0.29, 0.717) is 12.8 Å². The molecule has 0 radical (unpaired) electrons. The Morgan fingerprint density at radius 1 is 1.12 bits per heavy atom. The van der Waals surface area contributed by atoms with Crippen LogP contribution in [0.5, 0.6) is 0 Å². The van der Waals surface area contributed by atoms with Crippen molar-refractivity contribution in [3.8, 4) is 0 Å². The van der Waals surface area contributed by atoms with E-state index in [4.69, 9.17) is 14.6 Å². The summed E-state index contributed by atoms with van der Waals surface area (Å²) < 4.78 is 10.3. The van der Waals surface area contributed by atoms with Gasteiger partial charge in [0.1, 0.15) is 0 Å². The highest BCUT2D eigenvalue weighted by Gasteiger charge is 2.55. The van der Waals surface area contributed by atoms with Gasteiger partial charge < -0.3 is 14.6 Å². The van der Waals surface area contributed by atoms with Crippen LogP contribution in [0.3, 0.4) is 0 Å². The molecule has 0 aliphatic heterocycles. The maximum Gasteiger partial charge on any atom is 0.323 e. The molecule has 0 spiro atoms. The zero-order valence-electron chi connectivity index (χ0n) is 14.9. The zero-order chi connectivity index (χ0) is 18.4. The number of hydrogen-bond donors (Lipinski definition) is 1. The van der Waals surface area contributed by atoms with Crippen LogP contribution in [0.4, 0.5) is 0 Å². The molecule has 1 saturated carbocycles. The molecule has 1 aliphatic rings. The molecule has 1 fully saturated rings. The van der Waals surface area contributed by atoms with Gasteiger partial charge in [0.05, 0.1) is 19.8 Å². The van der Waals surface area contributed by atoms with Crippen molar-refractivity contribution in [1.29, 1.82) is 0 Å². The molecule has 0 aromatic heterocycles. The minimum absolute atomic E-state index is 0.00520. The van der Waals surface area contributed by atoms with E-state index in [-0.39, 0.29) is 32.2 Å². The van der Waals surface area contributed by atoms with Crippen LogP contribution >= 0.6 is 0 Å². The minimum Gasteiger partial charge on any atom is -0.465 e. The van der Waals surface area contributed by atoms with Gasteiger partial charge in [-0.25, -0.2) is 0 Å². The summed E-state index contributed by atoms with van der Waals surface area (Å²) in [7, 11) is 0. The second-order valence-corrected chi connectivity index (χ2v) is 6.44. The van der Waals surface area contributed by atoms with E-state index in [9.17, 15) is 9.59 Å². The van der Waals surface area contributed by atoms with Gasteiger partial charge in [-0.05, 0) is 50.2 Å². The Bertz CT molecular complexity index is 614. The molecule has 1 N–H and O–H groups in total. The molecule has 5 nitrogen and oxygen atoms in total. The standard InChI is InChI=1S/C20H26O5/c1-4-24-18(22)20(19(23)25-5-2)11-14(3)17(12-20)10-15-6-8-16(13-21)9-7-15/h6-9,17,21H,3-5,10-13H2,1-2H3. The van der Waals surface area contributed by atoms with Gasteiger partial charge in [0.25, 0.3) is 0 Å². The van der Waals surface area contributed by atoms with Gasteiger partial charge in [0.15, 0.2) is 5.41 Å². The second kappa shape index (κ2) is 8.30. The van der Waals surface area contributed by atoms with Crippen molar-refractivity contribution < 1.29 is 24.2 Å². The summed E-state index contributed by atoms with van der Waals surface area (Å²) in [6.07, 6.45) is 1.31. The fraction of sp³-hybridized carbons (Fsp3) is 0.500. The lowest BCUT2D eigenvalue weighted by Gasteiger charge is -2.24. The summed E-state index contributed by atoms with van der Waals surface area (Å²) >= 11 is 0. The van der Waals surface area contributed by atoms with Gasteiger partial charge in [-0.3, -0.25) is 9.59 Å². The fourth-order valence-corrected chi connectivity index (χ4v) is 3.38. The lowest BCUT2D eigenvalue weighted by molar-refractivity contribution is -0.171. The topological polar surface area (TPSA) is 72.8 Å². The number of aliphatic hydroxyl groups is 1. The van der Waals surface area contributed by atoms with Crippen LogP contribution in [0, 0.1) is 11.3 Å². The minimum atomic E-state index is -1.28. The number of allylic oxidation sites excluding steroid dienone is 1. The van der Waals surface area contributed by atoms with Crippen LogP contribution in [-0.4, -0.2) is 30.3 Å². The number of rotatable bonds is 7. The van der Waals surface area contributed by atoms with Gasteiger partial charge in [-0.2, -0.15) is 0 Å². The summed E-state index contributed by atoms with van der Waals surface area (Å²) in [5.41, 5.74) is 1.51. The Hall–Kier alpha value is -2.14. The highest BCUT2D eigenvalue weighted by molar-refractivity contribution is 6.01. The summed E-state index contributed by atoms with van der Waals surface area (Å²) in [4.78, 5) is 25.0. The van der Waals surface area contributed by atoms with E-state index >= 15 is 0 Å². The third kappa shape index (κ3) is 4.10. The third-order valence-electron chi connectivity index (χ3n) is 4.72. The van der Waals surface area contributed by atoms with Crippen LogP contribution < -0.4 is 0 Å². The molecule has 0 saturated heterocycles. The average molecular weight is 346 g/mol. The van der Waals surface area contributed by atoms with Crippen LogP contribution in [0.15, 0.2) is 36.4 Å². The number of benzene rings is 1. The van der Waals surface area contributed by atoms with Gasteiger partial charge in [0, 0.05) is 0 Å². The van der Waals surface area contributed by atoms with Crippen LogP contribution in [0.2, 0.25) is 0 Å². The van der Waals surface area contributed by atoms with Gasteiger partial charge in [0.2, 0.25) is 0 Å². The lowest BCUT2D eigenvalue weighted by Crippen LogP contribution is -2.40. The average Bonchev–Trinajstić information content (AvgIpc) is 2.94. The molecule has 1 aliphatic carbocycles. The highest BCUT2D eigenvalue weighted by atomic mass is 16.6. The first kappa shape index (κ1) is 19.2. The maximum absolute atomic E-state index is 12.5. The van der Waals surface area contributed by atoms with Crippen LogP contribution in [-0.2, 0) is 32.1 Å². The maximum atomic E-state index is 12.5. The normalized spacial score (nSPS) is 18.8. The number of hydrogen-bond acceptors (Lipinski definition) is 5. The molecule has 2 rings (SSSR count). The summed E-state index contributed by atoms with van der Waals surface area (Å²) in [6.45, 7) is 7.99. The Kier molecular flexibility index (Phi) is 6.37. The van der Waals surface area contributed by atoms with Crippen molar-refractivity contribution in [2.24, 2.45) is 11.3 Å². The fourth-order valence-electron chi connectivity index (χ4n) is 3.38. The van der Waals surface area contributed by atoms with Crippen molar-refractivity contribution >= 4 is 11.9 Å². The van der Waals surface area contributed by atoms with Gasteiger partial charge in [-0.1, -0.05) is 36.4 Å². The number of carbonyl (C=O) groups excluding carboxylic acids is 2. The van der Waals surface area contributed by atoms with E-state index in [1.54, 1.807) is 13.8 Å². The van der Waals surface area contributed by atoms with E-state index in [2.05, 4.69) is 6.58 Å². The number of ether oxygens (including phenoxy) is 2. The molecular weight excluding hydrogens is 320 g/mol. The molecule has 1 unspecified atom stereocenters. The van der Waals surface area contributed by atoms with E-state index in [0.717, 1.165) is 16.7 Å². The molecule has 25 heavy (non-hydrogen) atoms. The van der Waals surface area contributed by atoms with E-state index < -0.39 is 17.4 Å². The molecular formula is C20H26O5. The first-order chi connectivity index (χ1) is 12.0. The lowest BCUT2D eigenvalue weighted by atomic mass is 9.84. The number of carbonyl (C=O) groups is 2. The summed E-state index contributed by atoms with van der Waals surface area (Å²) in [5.74, 6) is -1.03. The van der Waals surface area contributed by atoms with Crippen molar-refractivity contribution in [3.63, 3.8) is 0 Å². The smallest absolute Gasteiger partial charge is 0.323 e.